The standard InChI is InChI=1S/C20H28N4O5S/c1-21-19(26)16-11-7-12-23(16)18(25)14-22-20(27)17-10-5-6-13-24(17)30(28,29)15-8-3-2-4-9-15/h2-4,8-9,16-17H,5-7,10-14H2,1H3,(H,21,26)(H,22,27). The molecule has 9 nitrogen and oxygen atoms in total. The second kappa shape index (κ2) is 9.57. The molecule has 30 heavy (non-hydrogen) atoms. The van der Waals surface area contributed by atoms with E-state index in [2.05, 4.69) is 10.6 Å². The van der Waals surface area contributed by atoms with E-state index in [1.165, 1.54) is 28.4 Å². The fourth-order valence-corrected chi connectivity index (χ4v) is 5.75. The molecule has 10 heteroatoms. The van der Waals surface area contributed by atoms with E-state index >= 15 is 0 Å². The van der Waals surface area contributed by atoms with Crippen molar-refractivity contribution in [3.63, 3.8) is 0 Å². The minimum Gasteiger partial charge on any atom is -0.357 e. The third-order valence-corrected chi connectivity index (χ3v) is 7.56. The van der Waals surface area contributed by atoms with Gasteiger partial charge in [-0.05, 0) is 37.8 Å². The van der Waals surface area contributed by atoms with Gasteiger partial charge in [0, 0.05) is 20.1 Å². The molecule has 0 spiro atoms. The predicted molar refractivity (Wildman–Crippen MR) is 110 cm³/mol. The molecule has 1 aromatic carbocycles. The van der Waals surface area contributed by atoms with Gasteiger partial charge in [-0.3, -0.25) is 14.4 Å². The minimum atomic E-state index is -3.81. The first-order chi connectivity index (χ1) is 14.4. The van der Waals surface area contributed by atoms with Crippen molar-refractivity contribution in [3.05, 3.63) is 30.3 Å². The number of hydrogen-bond acceptors (Lipinski definition) is 5. The second-order valence-corrected chi connectivity index (χ2v) is 9.41. The highest BCUT2D eigenvalue weighted by Crippen LogP contribution is 2.25. The first kappa shape index (κ1) is 22.2. The predicted octanol–water partition coefficient (Wildman–Crippen LogP) is 0.0830. The number of carbonyl (C=O) groups is 3. The highest BCUT2D eigenvalue weighted by molar-refractivity contribution is 7.89. The molecule has 1 aromatic rings. The fourth-order valence-electron chi connectivity index (χ4n) is 4.07. The van der Waals surface area contributed by atoms with E-state index in [0.29, 0.717) is 25.8 Å². The van der Waals surface area contributed by atoms with Crippen LogP contribution in [0.4, 0.5) is 0 Å². The third-order valence-electron chi connectivity index (χ3n) is 5.64. The molecule has 2 heterocycles. The monoisotopic (exact) mass is 436 g/mol. The number of nitrogens with one attached hydrogen (secondary N) is 2. The van der Waals surface area contributed by atoms with E-state index in [1.54, 1.807) is 18.2 Å². The van der Waals surface area contributed by atoms with Gasteiger partial charge in [0.05, 0.1) is 11.4 Å². The van der Waals surface area contributed by atoms with Gasteiger partial charge < -0.3 is 15.5 Å². The van der Waals surface area contributed by atoms with Gasteiger partial charge >= 0.3 is 0 Å². The minimum absolute atomic E-state index is 0.145. The van der Waals surface area contributed by atoms with E-state index in [9.17, 15) is 22.8 Å². The lowest BCUT2D eigenvalue weighted by Crippen LogP contribution is -2.54. The molecule has 2 aliphatic rings. The number of nitrogens with zero attached hydrogens (tertiary/aromatic N) is 2. The summed E-state index contributed by atoms with van der Waals surface area (Å²) in [5.41, 5.74) is 0. The molecular weight excluding hydrogens is 408 g/mol. The van der Waals surface area contributed by atoms with Gasteiger partial charge in [-0.25, -0.2) is 8.42 Å². The maximum Gasteiger partial charge on any atom is 0.243 e. The summed E-state index contributed by atoms with van der Waals surface area (Å²) in [5.74, 6) is -1.06. The average Bonchev–Trinajstić information content (AvgIpc) is 3.27. The average molecular weight is 437 g/mol. The molecule has 2 aliphatic heterocycles. The summed E-state index contributed by atoms with van der Waals surface area (Å²) in [6.07, 6.45) is 3.12. The highest BCUT2D eigenvalue weighted by atomic mass is 32.2. The van der Waals surface area contributed by atoms with Crippen molar-refractivity contribution in [2.45, 2.75) is 49.1 Å². The first-order valence-corrected chi connectivity index (χ1v) is 11.7. The zero-order chi connectivity index (χ0) is 21.7. The largest absolute Gasteiger partial charge is 0.357 e. The molecule has 0 bridgehead atoms. The normalized spacial score (nSPS) is 22.5. The van der Waals surface area contributed by atoms with E-state index < -0.39 is 28.0 Å². The smallest absolute Gasteiger partial charge is 0.243 e. The van der Waals surface area contributed by atoms with Crippen molar-refractivity contribution >= 4 is 27.7 Å². The van der Waals surface area contributed by atoms with E-state index in [-0.39, 0.29) is 29.8 Å². The Morgan fingerprint density at radius 2 is 1.67 bits per heavy atom. The van der Waals surface area contributed by atoms with Gasteiger partial charge in [0.2, 0.25) is 27.7 Å². The van der Waals surface area contributed by atoms with Gasteiger partial charge in [-0.1, -0.05) is 24.6 Å². The number of hydrogen-bond donors (Lipinski definition) is 2. The van der Waals surface area contributed by atoms with Crippen LogP contribution >= 0.6 is 0 Å². The Labute approximate surface area is 176 Å². The van der Waals surface area contributed by atoms with Gasteiger partial charge in [-0.2, -0.15) is 4.31 Å². The molecule has 0 aromatic heterocycles. The fraction of sp³-hybridized carbons (Fsp3) is 0.550. The summed E-state index contributed by atoms with van der Waals surface area (Å²) < 4.78 is 27.3. The van der Waals surface area contributed by atoms with E-state index in [4.69, 9.17) is 0 Å². The van der Waals surface area contributed by atoms with Crippen molar-refractivity contribution in [3.8, 4) is 0 Å². The SMILES string of the molecule is CNC(=O)C1CCCN1C(=O)CNC(=O)C1CCCCN1S(=O)(=O)c1ccccc1. The van der Waals surface area contributed by atoms with Crippen LogP contribution < -0.4 is 10.6 Å². The van der Waals surface area contributed by atoms with Gasteiger partial charge in [-0.15, -0.1) is 0 Å². The molecule has 0 radical (unpaired) electrons. The lowest BCUT2D eigenvalue weighted by molar-refractivity contribution is -0.139. The molecule has 2 N–H and O–H groups in total. The van der Waals surface area contributed by atoms with Crippen LogP contribution in [-0.2, 0) is 24.4 Å². The number of rotatable bonds is 6. The Bertz CT molecular complexity index is 890. The Kier molecular flexibility index (Phi) is 7.09. The number of likely N-dealkylation sites (N-methyl/N-ethyl adjacent to an activating group) is 1. The Morgan fingerprint density at radius 3 is 2.37 bits per heavy atom. The van der Waals surface area contributed by atoms with Crippen LogP contribution in [0.2, 0.25) is 0 Å². The summed E-state index contributed by atoms with van der Waals surface area (Å²) >= 11 is 0. The summed E-state index contributed by atoms with van der Waals surface area (Å²) in [6.45, 7) is 0.459. The Morgan fingerprint density at radius 1 is 0.967 bits per heavy atom. The Hall–Kier alpha value is -2.46. The molecule has 2 fully saturated rings. The van der Waals surface area contributed by atoms with Gasteiger partial charge in [0.1, 0.15) is 12.1 Å². The summed E-state index contributed by atoms with van der Waals surface area (Å²) in [7, 11) is -2.29. The van der Waals surface area contributed by atoms with Crippen molar-refractivity contribution in [2.75, 3.05) is 26.7 Å². The number of carbonyl (C=O) groups excluding carboxylic acids is 3. The van der Waals surface area contributed by atoms with Crippen LogP contribution in [-0.4, -0.2) is 74.1 Å². The topological polar surface area (TPSA) is 116 Å². The molecular formula is C20H28N4O5S. The maximum absolute atomic E-state index is 13.0. The van der Waals surface area contributed by atoms with Crippen LogP contribution in [0.1, 0.15) is 32.1 Å². The summed E-state index contributed by atoms with van der Waals surface area (Å²) in [5, 5.41) is 5.14. The highest BCUT2D eigenvalue weighted by Gasteiger charge is 2.38. The van der Waals surface area contributed by atoms with Gasteiger partial charge in [0.25, 0.3) is 0 Å². The van der Waals surface area contributed by atoms with E-state index in [1.807, 2.05) is 0 Å². The van der Waals surface area contributed by atoms with Crippen LogP contribution in [0.5, 0.6) is 0 Å². The maximum atomic E-state index is 13.0. The lowest BCUT2D eigenvalue weighted by atomic mass is 10.0. The van der Waals surface area contributed by atoms with E-state index in [0.717, 1.165) is 12.8 Å². The molecule has 2 atom stereocenters. The van der Waals surface area contributed by atoms with Crippen molar-refractivity contribution in [1.29, 1.82) is 0 Å². The van der Waals surface area contributed by atoms with Crippen LogP contribution in [0.3, 0.4) is 0 Å². The van der Waals surface area contributed by atoms with Gasteiger partial charge in [0.15, 0.2) is 0 Å². The number of benzene rings is 1. The van der Waals surface area contributed by atoms with Crippen LogP contribution in [0.15, 0.2) is 35.2 Å². The zero-order valence-corrected chi connectivity index (χ0v) is 17.9. The van der Waals surface area contributed by atoms with Crippen molar-refractivity contribution in [1.82, 2.24) is 19.8 Å². The molecule has 0 aliphatic carbocycles. The number of piperidine rings is 1. The molecule has 2 saturated heterocycles. The number of amides is 3. The zero-order valence-electron chi connectivity index (χ0n) is 17.0. The lowest BCUT2D eigenvalue weighted by Gasteiger charge is -2.33. The number of sulfonamides is 1. The molecule has 3 rings (SSSR count). The van der Waals surface area contributed by atoms with Crippen LogP contribution in [0, 0.1) is 0 Å². The third kappa shape index (κ3) is 4.65. The molecule has 0 saturated carbocycles. The summed E-state index contributed by atoms with van der Waals surface area (Å²) in [4.78, 5) is 38.9. The second-order valence-electron chi connectivity index (χ2n) is 7.52. The van der Waals surface area contributed by atoms with Crippen molar-refractivity contribution in [2.24, 2.45) is 0 Å². The number of likely N-dealkylation sites (tertiary alicyclic amines) is 1. The van der Waals surface area contributed by atoms with Crippen LogP contribution in [0.25, 0.3) is 0 Å². The summed E-state index contributed by atoms with van der Waals surface area (Å²) in [6, 6.07) is 6.65. The molecule has 3 amide bonds. The Balaban J connectivity index is 1.66. The quantitative estimate of drug-likeness (QED) is 0.655. The molecule has 2 unspecified atom stereocenters. The first-order valence-electron chi connectivity index (χ1n) is 10.2. The molecule has 164 valence electrons. The van der Waals surface area contributed by atoms with Crippen molar-refractivity contribution < 1.29 is 22.8 Å².